The SMILES string of the molecule is Cc1c(C(=O)N2[C@H]3CC[C@@H]2[C@@](CO)(Cc2ccccc2)C3)cnn1C. The number of rotatable bonds is 4. The number of carbonyl (C=O) groups excluding carboxylic acids is 1. The lowest BCUT2D eigenvalue weighted by molar-refractivity contribution is 0.0570. The summed E-state index contributed by atoms with van der Waals surface area (Å²) in [4.78, 5) is 15.2. The van der Waals surface area contributed by atoms with Crippen molar-refractivity contribution in [2.75, 3.05) is 6.61 Å². The Labute approximate surface area is 148 Å². The molecule has 132 valence electrons. The molecule has 2 aromatic rings. The van der Waals surface area contributed by atoms with E-state index in [0.717, 1.165) is 31.4 Å². The molecule has 2 fully saturated rings. The lowest BCUT2D eigenvalue weighted by Crippen LogP contribution is -2.44. The third-order valence-electron chi connectivity index (χ3n) is 6.27. The molecule has 3 atom stereocenters. The molecule has 1 aromatic carbocycles. The molecule has 5 nitrogen and oxygen atoms in total. The van der Waals surface area contributed by atoms with Gasteiger partial charge in [0.1, 0.15) is 0 Å². The fraction of sp³-hybridized carbons (Fsp3) is 0.500. The van der Waals surface area contributed by atoms with Crippen molar-refractivity contribution in [1.82, 2.24) is 14.7 Å². The topological polar surface area (TPSA) is 58.4 Å². The lowest BCUT2D eigenvalue weighted by atomic mass is 9.70. The van der Waals surface area contributed by atoms with Crippen LogP contribution in [0.25, 0.3) is 0 Å². The van der Waals surface area contributed by atoms with Gasteiger partial charge in [0, 0.05) is 30.2 Å². The van der Waals surface area contributed by atoms with E-state index in [1.807, 2.05) is 37.1 Å². The number of hydrogen-bond donors (Lipinski definition) is 1. The first-order valence-corrected chi connectivity index (χ1v) is 9.02. The molecule has 3 heterocycles. The molecule has 1 N–H and O–H groups in total. The molecule has 2 bridgehead atoms. The van der Waals surface area contributed by atoms with E-state index < -0.39 is 0 Å². The first-order chi connectivity index (χ1) is 12.1. The van der Waals surface area contributed by atoms with Gasteiger partial charge < -0.3 is 10.0 Å². The summed E-state index contributed by atoms with van der Waals surface area (Å²) in [5.41, 5.74) is 2.59. The normalized spacial score (nSPS) is 27.9. The van der Waals surface area contributed by atoms with Gasteiger partial charge in [0.15, 0.2) is 0 Å². The molecule has 1 aromatic heterocycles. The highest BCUT2D eigenvalue weighted by atomic mass is 16.3. The van der Waals surface area contributed by atoms with Gasteiger partial charge in [-0.2, -0.15) is 5.10 Å². The average Bonchev–Trinajstić information content (AvgIpc) is 3.28. The van der Waals surface area contributed by atoms with Crippen LogP contribution in [0.15, 0.2) is 36.5 Å². The van der Waals surface area contributed by atoms with Crippen molar-refractivity contribution in [3.05, 3.63) is 53.3 Å². The summed E-state index contributed by atoms with van der Waals surface area (Å²) >= 11 is 0. The first-order valence-electron chi connectivity index (χ1n) is 9.02. The zero-order valence-electron chi connectivity index (χ0n) is 14.9. The molecule has 0 spiro atoms. The molecule has 2 aliphatic heterocycles. The Morgan fingerprint density at radius 1 is 1.32 bits per heavy atom. The third kappa shape index (κ3) is 2.49. The predicted octanol–water partition coefficient (Wildman–Crippen LogP) is 2.33. The standard InChI is InChI=1S/C20H25N3O2/c1-14-17(12-21-22(14)2)19(25)23-16-8-9-18(23)20(11-16,13-24)10-15-6-4-3-5-7-15/h3-7,12,16,18,24H,8-11,13H2,1-2H3/t16-,18+,20-/m0/s1. The number of fused-ring (bicyclic) bond motifs is 2. The van der Waals surface area contributed by atoms with Crippen LogP contribution in [0.3, 0.4) is 0 Å². The van der Waals surface area contributed by atoms with E-state index in [-0.39, 0.29) is 30.0 Å². The maximum absolute atomic E-state index is 13.2. The largest absolute Gasteiger partial charge is 0.396 e. The van der Waals surface area contributed by atoms with Crippen LogP contribution < -0.4 is 0 Å². The highest BCUT2D eigenvalue weighted by Gasteiger charge is 2.57. The number of hydrogen-bond acceptors (Lipinski definition) is 3. The number of aryl methyl sites for hydroxylation is 1. The van der Waals surface area contributed by atoms with Gasteiger partial charge in [-0.1, -0.05) is 30.3 Å². The summed E-state index contributed by atoms with van der Waals surface area (Å²) < 4.78 is 1.74. The molecule has 0 aliphatic carbocycles. The molecule has 2 saturated heterocycles. The van der Waals surface area contributed by atoms with Crippen LogP contribution in [0, 0.1) is 12.3 Å². The maximum Gasteiger partial charge on any atom is 0.257 e. The molecule has 1 amide bonds. The van der Waals surface area contributed by atoms with Crippen LogP contribution in [-0.2, 0) is 13.5 Å². The van der Waals surface area contributed by atoms with Crippen molar-refractivity contribution >= 4 is 5.91 Å². The predicted molar refractivity (Wildman–Crippen MR) is 95.2 cm³/mol. The fourth-order valence-electron chi connectivity index (χ4n) is 4.86. The van der Waals surface area contributed by atoms with Crippen molar-refractivity contribution in [2.24, 2.45) is 12.5 Å². The molecule has 0 saturated carbocycles. The summed E-state index contributed by atoms with van der Waals surface area (Å²) in [5, 5.41) is 14.5. The molecule has 0 unspecified atom stereocenters. The van der Waals surface area contributed by atoms with Gasteiger partial charge in [-0.3, -0.25) is 9.48 Å². The average molecular weight is 339 g/mol. The van der Waals surface area contributed by atoms with Crippen molar-refractivity contribution in [2.45, 2.75) is 44.7 Å². The molecule has 25 heavy (non-hydrogen) atoms. The van der Waals surface area contributed by atoms with E-state index in [1.165, 1.54) is 5.56 Å². The number of carbonyl (C=O) groups is 1. The lowest BCUT2D eigenvalue weighted by Gasteiger charge is -2.36. The number of aromatic nitrogens is 2. The molecule has 5 heteroatoms. The number of benzene rings is 1. The molecule has 4 rings (SSSR count). The van der Waals surface area contributed by atoms with Gasteiger partial charge >= 0.3 is 0 Å². The highest BCUT2D eigenvalue weighted by Crippen LogP contribution is 2.51. The summed E-state index contributed by atoms with van der Waals surface area (Å²) in [6.07, 6.45) is 5.39. The third-order valence-corrected chi connectivity index (χ3v) is 6.27. The Kier molecular flexibility index (Phi) is 3.91. The van der Waals surface area contributed by atoms with Gasteiger partial charge in [0.25, 0.3) is 5.91 Å². The summed E-state index contributed by atoms with van der Waals surface area (Å²) in [6, 6.07) is 10.6. The maximum atomic E-state index is 13.2. The van der Waals surface area contributed by atoms with E-state index >= 15 is 0 Å². The minimum atomic E-state index is -0.226. The van der Waals surface area contributed by atoms with Crippen LogP contribution in [0.4, 0.5) is 0 Å². The highest BCUT2D eigenvalue weighted by molar-refractivity contribution is 5.96. The van der Waals surface area contributed by atoms with Crippen LogP contribution >= 0.6 is 0 Å². The molecular weight excluding hydrogens is 314 g/mol. The number of nitrogens with zero attached hydrogens (tertiary/aromatic N) is 3. The van der Waals surface area contributed by atoms with E-state index in [0.29, 0.717) is 5.56 Å². The molecular formula is C20H25N3O2. The monoisotopic (exact) mass is 339 g/mol. The van der Waals surface area contributed by atoms with Crippen LogP contribution in [0.5, 0.6) is 0 Å². The minimum absolute atomic E-state index is 0.0708. The van der Waals surface area contributed by atoms with Crippen molar-refractivity contribution < 1.29 is 9.90 Å². The second kappa shape index (κ2) is 5.99. The van der Waals surface area contributed by atoms with Gasteiger partial charge in [-0.25, -0.2) is 0 Å². The smallest absolute Gasteiger partial charge is 0.257 e. The first kappa shape index (κ1) is 16.3. The van der Waals surface area contributed by atoms with Crippen molar-refractivity contribution in [1.29, 1.82) is 0 Å². The Hall–Kier alpha value is -2.14. The van der Waals surface area contributed by atoms with Gasteiger partial charge in [0.2, 0.25) is 0 Å². The Bertz CT molecular complexity index is 785. The fourth-order valence-corrected chi connectivity index (χ4v) is 4.86. The van der Waals surface area contributed by atoms with Crippen LogP contribution in [-0.4, -0.2) is 44.4 Å². The van der Waals surface area contributed by atoms with Crippen molar-refractivity contribution in [3.63, 3.8) is 0 Å². The second-order valence-electron chi connectivity index (χ2n) is 7.61. The van der Waals surface area contributed by atoms with Gasteiger partial charge in [-0.05, 0) is 38.2 Å². The summed E-state index contributed by atoms with van der Waals surface area (Å²) in [6.45, 7) is 2.06. The zero-order chi connectivity index (χ0) is 17.6. The zero-order valence-corrected chi connectivity index (χ0v) is 14.9. The van der Waals surface area contributed by atoms with Crippen LogP contribution in [0.2, 0.25) is 0 Å². The second-order valence-corrected chi connectivity index (χ2v) is 7.61. The van der Waals surface area contributed by atoms with Crippen LogP contribution in [0.1, 0.15) is 40.9 Å². The number of amides is 1. The van der Waals surface area contributed by atoms with Crippen molar-refractivity contribution in [3.8, 4) is 0 Å². The molecule has 0 radical (unpaired) electrons. The summed E-state index contributed by atoms with van der Waals surface area (Å²) in [5.74, 6) is 0.0708. The summed E-state index contributed by atoms with van der Waals surface area (Å²) in [7, 11) is 1.86. The van der Waals surface area contributed by atoms with Gasteiger partial charge in [-0.15, -0.1) is 0 Å². The van der Waals surface area contributed by atoms with Gasteiger partial charge in [0.05, 0.1) is 18.4 Å². The minimum Gasteiger partial charge on any atom is -0.396 e. The number of aliphatic hydroxyl groups excluding tert-OH is 1. The Balaban J connectivity index is 1.64. The Morgan fingerprint density at radius 3 is 2.72 bits per heavy atom. The molecule has 2 aliphatic rings. The Morgan fingerprint density at radius 2 is 2.08 bits per heavy atom. The van der Waals surface area contributed by atoms with E-state index in [1.54, 1.807) is 10.9 Å². The number of aliphatic hydroxyl groups is 1. The van der Waals surface area contributed by atoms with E-state index in [4.69, 9.17) is 0 Å². The van der Waals surface area contributed by atoms with E-state index in [9.17, 15) is 9.90 Å². The van der Waals surface area contributed by atoms with E-state index in [2.05, 4.69) is 17.2 Å². The quantitative estimate of drug-likeness (QED) is 0.930.